The van der Waals surface area contributed by atoms with Crippen LogP contribution in [0.15, 0.2) is 0 Å². The normalized spacial score (nSPS) is 23.4. The van der Waals surface area contributed by atoms with Crippen LogP contribution in [0.2, 0.25) is 0 Å². The lowest BCUT2D eigenvalue weighted by atomic mass is 10.1. The second kappa shape index (κ2) is 6.58. The second-order valence-corrected chi connectivity index (χ2v) is 5.01. The molecule has 6 nitrogen and oxygen atoms in total. The molecule has 1 heterocycles. The average Bonchev–Trinajstić information content (AvgIpc) is 2.72. The fourth-order valence-corrected chi connectivity index (χ4v) is 2.00. The maximum atomic E-state index is 11.9. The number of carbonyl (C=O) groups excluding carboxylic acids is 1. The molecule has 0 aromatic heterocycles. The number of carbonyl (C=O) groups is 2. The molecule has 0 bridgehead atoms. The van der Waals surface area contributed by atoms with Crippen molar-refractivity contribution in [3.8, 4) is 0 Å². The summed E-state index contributed by atoms with van der Waals surface area (Å²) < 4.78 is 5.13. The number of nitrogens with zero attached hydrogens (tertiary/aromatic N) is 1. The van der Waals surface area contributed by atoms with Gasteiger partial charge in [-0.15, -0.1) is 0 Å². The molecule has 2 amide bonds. The molecule has 2 unspecified atom stereocenters. The maximum absolute atomic E-state index is 11.9. The van der Waals surface area contributed by atoms with Crippen molar-refractivity contribution >= 4 is 12.0 Å². The highest BCUT2D eigenvalue weighted by molar-refractivity contribution is 5.83. The van der Waals surface area contributed by atoms with E-state index in [0.717, 1.165) is 6.42 Å². The van der Waals surface area contributed by atoms with Crippen LogP contribution in [0.3, 0.4) is 0 Å². The molecule has 18 heavy (non-hydrogen) atoms. The number of hydrogen-bond donors (Lipinski definition) is 2. The zero-order valence-corrected chi connectivity index (χ0v) is 11.2. The SMILES string of the molecule is COC1CC(C(=O)O)N(C(=O)NCCC(C)C)C1. The number of nitrogens with one attached hydrogen (secondary N) is 1. The Morgan fingerprint density at radius 1 is 1.50 bits per heavy atom. The molecular formula is C12H22N2O4. The predicted molar refractivity (Wildman–Crippen MR) is 66.4 cm³/mol. The summed E-state index contributed by atoms with van der Waals surface area (Å²) in [5.41, 5.74) is 0. The Balaban J connectivity index is 2.51. The van der Waals surface area contributed by atoms with Crippen molar-refractivity contribution < 1.29 is 19.4 Å². The van der Waals surface area contributed by atoms with E-state index in [2.05, 4.69) is 19.2 Å². The minimum absolute atomic E-state index is 0.193. The zero-order valence-electron chi connectivity index (χ0n) is 11.2. The Hall–Kier alpha value is -1.30. The first-order chi connectivity index (χ1) is 8.45. The summed E-state index contributed by atoms with van der Waals surface area (Å²) in [6.07, 6.45) is 1.04. The van der Waals surface area contributed by atoms with Gasteiger partial charge in [-0.05, 0) is 12.3 Å². The molecule has 1 fully saturated rings. The summed E-state index contributed by atoms with van der Waals surface area (Å²) in [5, 5.41) is 11.8. The molecule has 1 saturated heterocycles. The molecule has 1 aliphatic heterocycles. The van der Waals surface area contributed by atoms with Crippen molar-refractivity contribution in [1.29, 1.82) is 0 Å². The van der Waals surface area contributed by atoms with E-state index in [1.165, 1.54) is 12.0 Å². The van der Waals surface area contributed by atoms with Gasteiger partial charge in [-0.25, -0.2) is 9.59 Å². The summed E-state index contributed by atoms with van der Waals surface area (Å²) in [6.45, 7) is 5.05. The quantitative estimate of drug-likeness (QED) is 0.768. The Bertz CT molecular complexity index is 306. The molecule has 2 atom stereocenters. The molecule has 0 spiro atoms. The van der Waals surface area contributed by atoms with Gasteiger partial charge in [0.2, 0.25) is 0 Å². The minimum Gasteiger partial charge on any atom is -0.480 e. The van der Waals surface area contributed by atoms with Crippen molar-refractivity contribution in [1.82, 2.24) is 10.2 Å². The van der Waals surface area contributed by atoms with Gasteiger partial charge in [-0.3, -0.25) is 0 Å². The van der Waals surface area contributed by atoms with Crippen LogP contribution in [0.4, 0.5) is 4.79 Å². The molecule has 0 radical (unpaired) electrons. The Morgan fingerprint density at radius 2 is 2.17 bits per heavy atom. The van der Waals surface area contributed by atoms with E-state index in [1.54, 1.807) is 0 Å². The summed E-state index contributed by atoms with van der Waals surface area (Å²) >= 11 is 0. The van der Waals surface area contributed by atoms with E-state index < -0.39 is 12.0 Å². The van der Waals surface area contributed by atoms with Crippen LogP contribution in [0.25, 0.3) is 0 Å². The number of rotatable bonds is 5. The molecule has 0 aliphatic carbocycles. The first kappa shape index (κ1) is 14.8. The molecular weight excluding hydrogens is 236 g/mol. The average molecular weight is 258 g/mol. The molecule has 0 aromatic rings. The van der Waals surface area contributed by atoms with Gasteiger partial charge in [0.05, 0.1) is 6.10 Å². The first-order valence-electron chi connectivity index (χ1n) is 6.25. The molecule has 0 aromatic carbocycles. The van der Waals surface area contributed by atoms with Crippen LogP contribution in [-0.4, -0.2) is 54.4 Å². The first-order valence-corrected chi connectivity index (χ1v) is 6.25. The Kier molecular flexibility index (Phi) is 5.40. The van der Waals surface area contributed by atoms with Gasteiger partial charge < -0.3 is 20.1 Å². The number of carboxylic acid groups (broad SMARTS) is 1. The molecule has 2 N–H and O–H groups in total. The van der Waals surface area contributed by atoms with Gasteiger partial charge in [0.15, 0.2) is 0 Å². The summed E-state index contributed by atoms with van der Waals surface area (Å²) in [4.78, 5) is 24.3. The van der Waals surface area contributed by atoms with Crippen LogP contribution in [-0.2, 0) is 9.53 Å². The predicted octanol–water partition coefficient (Wildman–Crippen LogP) is 0.916. The number of methoxy groups -OCH3 is 1. The maximum Gasteiger partial charge on any atom is 0.326 e. The van der Waals surface area contributed by atoms with Crippen molar-refractivity contribution in [2.24, 2.45) is 5.92 Å². The van der Waals surface area contributed by atoms with Crippen LogP contribution in [0.1, 0.15) is 26.7 Å². The third-order valence-electron chi connectivity index (χ3n) is 3.14. The number of ether oxygens (including phenoxy) is 1. The zero-order chi connectivity index (χ0) is 13.7. The number of urea groups is 1. The van der Waals surface area contributed by atoms with Gasteiger partial charge in [0, 0.05) is 26.6 Å². The summed E-state index contributed by atoms with van der Waals surface area (Å²) in [6, 6.07) is -1.10. The van der Waals surface area contributed by atoms with Crippen LogP contribution in [0, 0.1) is 5.92 Å². The second-order valence-electron chi connectivity index (χ2n) is 5.01. The highest BCUT2D eigenvalue weighted by Crippen LogP contribution is 2.20. The molecule has 1 aliphatic rings. The third kappa shape index (κ3) is 3.87. The largest absolute Gasteiger partial charge is 0.480 e. The molecule has 0 saturated carbocycles. The van der Waals surface area contributed by atoms with Gasteiger partial charge >= 0.3 is 12.0 Å². The smallest absolute Gasteiger partial charge is 0.326 e. The van der Waals surface area contributed by atoms with Gasteiger partial charge in [0.1, 0.15) is 6.04 Å². The van der Waals surface area contributed by atoms with E-state index in [4.69, 9.17) is 9.84 Å². The standard InChI is InChI=1S/C12H22N2O4/c1-8(2)4-5-13-12(17)14-7-9(18-3)6-10(14)11(15)16/h8-10H,4-7H2,1-3H3,(H,13,17)(H,15,16). The summed E-state index contributed by atoms with van der Waals surface area (Å²) in [7, 11) is 1.53. The van der Waals surface area contributed by atoms with E-state index in [1.807, 2.05) is 0 Å². The van der Waals surface area contributed by atoms with E-state index in [9.17, 15) is 9.59 Å². The van der Waals surface area contributed by atoms with Crippen molar-refractivity contribution in [2.45, 2.75) is 38.8 Å². The highest BCUT2D eigenvalue weighted by atomic mass is 16.5. The van der Waals surface area contributed by atoms with Crippen LogP contribution >= 0.6 is 0 Å². The highest BCUT2D eigenvalue weighted by Gasteiger charge is 2.39. The van der Waals surface area contributed by atoms with Crippen molar-refractivity contribution in [3.05, 3.63) is 0 Å². The van der Waals surface area contributed by atoms with Gasteiger partial charge in [0.25, 0.3) is 0 Å². The van der Waals surface area contributed by atoms with E-state index in [0.29, 0.717) is 25.4 Å². The van der Waals surface area contributed by atoms with Gasteiger partial charge in [-0.2, -0.15) is 0 Å². The number of aliphatic carboxylic acids is 1. The Morgan fingerprint density at radius 3 is 2.67 bits per heavy atom. The van der Waals surface area contributed by atoms with Crippen LogP contribution in [0.5, 0.6) is 0 Å². The topological polar surface area (TPSA) is 78.9 Å². The lowest BCUT2D eigenvalue weighted by molar-refractivity contribution is -0.141. The molecule has 1 rings (SSSR count). The fourth-order valence-electron chi connectivity index (χ4n) is 2.00. The fraction of sp³-hybridized carbons (Fsp3) is 0.833. The van der Waals surface area contributed by atoms with E-state index >= 15 is 0 Å². The number of carboxylic acids is 1. The summed E-state index contributed by atoms with van der Waals surface area (Å²) in [5.74, 6) is -0.473. The third-order valence-corrected chi connectivity index (χ3v) is 3.14. The molecule has 104 valence electrons. The number of amides is 2. The van der Waals surface area contributed by atoms with Gasteiger partial charge in [-0.1, -0.05) is 13.8 Å². The minimum atomic E-state index is -0.978. The molecule has 6 heteroatoms. The monoisotopic (exact) mass is 258 g/mol. The lowest BCUT2D eigenvalue weighted by Crippen LogP contribution is -2.46. The van der Waals surface area contributed by atoms with E-state index in [-0.39, 0.29) is 12.1 Å². The number of likely N-dealkylation sites (tertiary alicyclic amines) is 1. The van der Waals surface area contributed by atoms with Crippen molar-refractivity contribution in [3.63, 3.8) is 0 Å². The lowest BCUT2D eigenvalue weighted by Gasteiger charge is -2.21. The van der Waals surface area contributed by atoms with Crippen molar-refractivity contribution in [2.75, 3.05) is 20.2 Å². The Labute approximate surface area is 107 Å². The van der Waals surface area contributed by atoms with Crippen LogP contribution < -0.4 is 5.32 Å². The number of hydrogen-bond acceptors (Lipinski definition) is 3.